The van der Waals surface area contributed by atoms with Crippen LogP contribution >= 0.6 is 282 Å². The second-order valence-electron chi connectivity index (χ2n) is 22.2. The summed E-state index contributed by atoms with van der Waals surface area (Å²) in [6.07, 6.45) is 4.60. The molecule has 0 spiro atoms. The zero-order chi connectivity index (χ0) is 65.4. The molecule has 0 amide bonds. The van der Waals surface area contributed by atoms with Gasteiger partial charge in [0, 0.05) is 139 Å². The summed E-state index contributed by atoms with van der Waals surface area (Å²) in [5.41, 5.74) is 13.9. The Morgan fingerprint density at radius 2 is 0.293 bits per heavy atom. The molecule has 99 heavy (non-hydrogen) atoms. The number of fused-ring (bicyclic) bond motifs is 8. The van der Waals surface area contributed by atoms with Crippen molar-refractivity contribution in [3.63, 3.8) is 0 Å². The van der Waals surface area contributed by atoms with Crippen molar-refractivity contribution in [3.8, 4) is 0 Å². The summed E-state index contributed by atoms with van der Waals surface area (Å²) in [7, 11) is 0. The minimum atomic E-state index is 0.891. The summed E-state index contributed by atoms with van der Waals surface area (Å²) in [6.45, 7) is 0. The molecule has 8 aromatic carbocycles. The van der Waals surface area contributed by atoms with E-state index < -0.39 is 0 Å². The van der Waals surface area contributed by atoms with E-state index in [9.17, 15) is 0 Å². The molecule has 0 nitrogen and oxygen atoms in total. The molecular formula is C75H40S24. The van der Waals surface area contributed by atoms with E-state index in [0.717, 1.165) is 5.08 Å². The molecule has 0 saturated heterocycles. The summed E-state index contributed by atoms with van der Waals surface area (Å²) in [6, 6.07) is 72.5. The minimum absolute atomic E-state index is 0.891. The minimum Gasteiger partial charge on any atom is -0.121 e. The number of hydrogen-bond acceptors (Lipinski definition) is 24. The molecule has 2 aliphatic carbocycles. The van der Waals surface area contributed by atoms with Gasteiger partial charge in [-0.3, -0.25) is 0 Å². The van der Waals surface area contributed by atoms with Crippen LogP contribution in [0.2, 0.25) is 0 Å². The SMILES string of the molecule is CSC1=C(SCSC2=C(SC)SC(=C3C(=C4Sc5ccccc5S4)C(=C4Sc5ccccc5S4)C(=C4Sc5ccccc5S4)C3=C3Sc4ccccc4S3)S2)SC(=C2C(=C3Sc4ccccc4S3)C(=C3Sc4ccccc4S3)C(=C3Sc4ccccc4S3)C2=C2Sc3ccccc3S2)S1. The van der Waals surface area contributed by atoms with Crippen molar-refractivity contribution >= 4 is 282 Å². The lowest BCUT2D eigenvalue weighted by Crippen LogP contribution is -1.91. The first-order valence-electron chi connectivity index (χ1n) is 30.5. The predicted octanol–water partition coefficient (Wildman–Crippen LogP) is 31.7. The van der Waals surface area contributed by atoms with E-state index in [2.05, 4.69) is 207 Å². The highest BCUT2D eigenvalue weighted by Gasteiger charge is 2.49. The van der Waals surface area contributed by atoms with Gasteiger partial charge in [-0.1, -0.05) is 332 Å². The fourth-order valence-corrected chi connectivity index (χ4v) is 44.5. The van der Waals surface area contributed by atoms with Gasteiger partial charge in [0.1, 0.15) is 0 Å². The molecular weight excluding hydrogens is 1670 g/mol. The number of rotatable bonds is 6. The van der Waals surface area contributed by atoms with Crippen LogP contribution < -0.4 is 0 Å². The van der Waals surface area contributed by atoms with Gasteiger partial charge < -0.3 is 0 Å². The second-order valence-corrected chi connectivity index (χ2v) is 50.7. The Bertz CT molecular complexity index is 4560. The van der Waals surface area contributed by atoms with E-state index in [0.29, 0.717) is 0 Å². The molecule has 8 aromatic rings. The lowest BCUT2D eigenvalue weighted by atomic mass is 10.1. The van der Waals surface area contributed by atoms with Gasteiger partial charge >= 0.3 is 0 Å². The summed E-state index contributed by atoms with van der Waals surface area (Å²) in [4.78, 5) is 21.4. The van der Waals surface area contributed by atoms with Crippen LogP contribution in [-0.4, -0.2) is 17.6 Å². The second kappa shape index (κ2) is 28.9. The average Bonchev–Trinajstić information content (AvgIpc) is 1.56. The van der Waals surface area contributed by atoms with Crippen molar-refractivity contribution in [3.05, 3.63) is 309 Å². The van der Waals surface area contributed by atoms with Crippen molar-refractivity contribution in [1.29, 1.82) is 0 Å². The molecule has 0 aromatic heterocycles. The van der Waals surface area contributed by atoms with Crippen LogP contribution in [0.4, 0.5) is 0 Å². The highest BCUT2D eigenvalue weighted by atomic mass is 32.3. The number of benzene rings is 8. The normalized spacial score (nSPS) is 19.7. The maximum absolute atomic E-state index is 2.32. The van der Waals surface area contributed by atoms with Gasteiger partial charge in [0.25, 0.3) is 0 Å². The summed E-state index contributed by atoms with van der Waals surface area (Å²) >= 11 is 47.5. The van der Waals surface area contributed by atoms with Crippen LogP contribution in [0.3, 0.4) is 0 Å². The van der Waals surface area contributed by atoms with Gasteiger partial charge in [0.2, 0.25) is 0 Å². The number of hydrogen-bond donors (Lipinski definition) is 0. The predicted molar refractivity (Wildman–Crippen MR) is 467 cm³/mol. The third kappa shape index (κ3) is 12.5. The number of allylic oxidation sites excluding steroid dienone is 10. The molecule has 10 aliphatic heterocycles. The van der Waals surface area contributed by atoms with E-state index in [1.165, 1.54) is 193 Å². The zero-order valence-corrected chi connectivity index (χ0v) is 70.6. The summed E-state index contributed by atoms with van der Waals surface area (Å²) in [5.74, 6) is 0. The van der Waals surface area contributed by atoms with Gasteiger partial charge in [-0.2, -0.15) is 0 Å². The summed E-state index contributed by atoms with van der Waals surface area (Å²) in [5, 5.41) is 0.891. The maximum atomic E-state index is 2.32. The lowest BCUT2D eigenvalue weighted by molar-refractivity contribution is 1.27. The first-order valence-corrected chi connectivity index (χ1v) is 51.2. The fraction of sp³-hybridized carbons (Fsp3) is 0.0400. The van der Waals surface area contributed by atoms with E-state index in [4.69, 9.17) is 0 Å². The van der Waals surface area contributed by atoms with Crippen LogP contribution in [0.25, 0.3) is 0 Å². The molecule has 0 bridgehead atoms. The van der Waals surface area contributed by atoms with E-state index >= 15 is 0 Å². The van der Waals surface area contributed by atoms with Crippen LogP contribution in [0.5, 0.6) is 0 Å². The molecule has 12 aliphatic rings. The Hall–Kier alpha value is -0.960. The van der Waals surface area contributed by atoms with Crippen LogP contribution in [0.1, 0.15) is 0 Å². The molecule has 0 radical (unpaired) electrons. The van der Waals surface area contributed by atoms with Gasteiger partial charge in [0.05, 0.1) is 59.3 Å². The molecule has 0 atom stereocenters. The average molecular weight is 1710 g/mol. The summed E-state index contributed by atoms with van der Waals surface area (Å²) < 4.78 is 19.3. The third-order valence-corrected chi connectivity index (χ3v) is 47.8. The molecule has 24 heteroatoms. The first-order chi connectivity index (χ1) is 48.9. The van der Waals surface area contributed by atoms with Crippen LogP contribution in [-0.2, 0) is 0 Å². The Morgan fingerprint density at radius 1 is 0.172 bits per heavy atom. The van der Waals surface area contributed by atoms with E-state index in [-0.39, 0.29) is 0 Å². The van der Waals surface area contributed by atoms with Crippen molar-refractivity contribution in [2.45, 2.75) is 78.3 Å². The first kappa shape index (κ1) is 67.4. The topological polar surface area (TPSA) is 0 Å². The Labute approximate surface area is 677 Å². The van der Waals surface area contributed by atoms with Crippen LogP contribution in [0.15, 0.2) is 388 Å². The highest BCUT2D eigenvalue weighted by molar-refractivity contribution is 8.44. The quantitative estimate of drug-likeness (QED) is 0.145. The van der Waals surface area contributed by atoms with Crippen molar-refractivity contribution < 1.29 is 0 Å². The van der Waals surface area contributed by atoms with E-state index in [1.807, 2.05) is 282 Å². The largest absolute Gasteiger partial charge is 0.121 e. The Kier molecular flexibility index (Phi) is 19.7. The number of thioether (sulfide) groups is 24. The molecule has 2 saturated carbocycles. The van der Waals surface area contributed by atoms with Gasteiger partial charge in [-0.15, -0.1) is 47.0 Å². The van der Waals surface area contributed by atoms with Crippen LogP contribution in [0, 0.1) is 0 Å². The van der Waals surface area contributed by atoms with E-state index in [1.54, 1.807) is 0 Å². The smallest absolute Gasteiger partial charge is 0.0668 e. The van der Waals surface area contributed by atoms with Crippen molar-refractivity contribution in [1.82, 2.24) is 0 Å². The molecule has 2 fully saturated rings. The lowest BCUT2D eigenvalue weighted by Gasteiger charge is -2.13. The van der Waals surface area contributed by atoms with Crippen molar-refractivity contribution in [2.24, 2.45) is 0 Å². The Morgan fingerprint density at radius 3 is 0.424 bits per heavy atom. The third-order valence-electron chi connectivity index (χ3n) is 16.4. The molecule has 10 heterocycles. The Balaban J connectivity index is 0.706. The molecule has 0 N–H and O–H groups in total. The van der Waals surface area contributed by atoms with Gasteiger partial charge in [-0.05, 0) is 110 Å². The highest BCUT2D eigenvalue weighted by Crippen LogP contribution is 2.75. The van der Waals surface area contributed by atoms with Gasteiger partial charge in [-0.25, -0.2) is 0 Å². The monoisotopic (exact) mass is 1710 g/mol. The molecule has 0 unspecified atom stereocenters. The standard InChI is InChI=1S/C75H40S24/c1-76-72-74(98-70(96-72)60-56(66-88-44-27-11-12-28-45(44)89-66)52(62-80-36-19-3-4-20-37(36)81-62)53(63-82-38-21-5-6-22-39(38)83-63)57(60)67-90-46-29-13-14-30-47(46)91-67)78-35-79-75-73(77-2)97-71(99-75)61-58(68-92-48-31-15-16-32-49(48)93-68)54(64-84-40-23-7-8-24-41(40)85-64)55(65-86-42-25-9-10-26-43(42)87-65)59(61)69-94-50-33-17-18-34-51(50)95-69/h3-34H,35H2,1-2H3. The molecule has 20 rings (SSSR count). The van der Waals surface area contributed by atoms with Crippen molar-refractivity contribution in [2.75, 3.05) is 17.6 Å². The maximum Gasteiger partial charge on any atom is 0.0668 e. The fourth-order valence-electron chi connectivity index (χ4n) is 12.1. The molecule has 484 valence electrons. The zero-order valence-electron chi connectivity index (χ0n) is 51.0. The van der Waals surface area contributed by atoms with Gasteiger partial charge in [0.15, 0.2) is 0 Å².